The molecule has 1 fully saturated rings. The third-order valence-electron chi connectivity index (χ3n) is 2.73. The van der Waals surface area contributed by atoms with E-state index >= 15 is 0 Å². The van der Waals surface area contributed by atoms with Crippen LogP contribution in [-0.2, 0) is 0 Å². The first-order valence-corrected chi connectivity index (χ1v) is 5.90. The van der Waals surface area contributed by atoms with Crippen molar-refractivity contribution in [1.29, 1.82) is 0 Å². The fourth-order valence-electron chi connectivity index (χ4n) is 1.87. The first-order chi connectivity index (χ1) is 7.09. The molecule has 4 nitrogen and oxygen atoms in total. The standard InChI is InChI=1S/C11H24N4/c1-9(2)14-11(12)13-8-10(3)15-6-4-5-7-15/h9-10H,4-8H2,1-3H3,(H3,12,13,14). The van der Waals surface area contributed by atoms with Crippen molar-refractivity contribution in [2.24, 2.45) is 10.7 Å². The third-order valence-corrected chi connectivity index (χ3v) is 2.73. The van der Waals surface area contributed by atoms with E-state index in [9.17, 15) is 0 Å². The van der Waals surface area contributed by atoms with Gasteiger partial charge in [-0.2, -0.15) is 0 Å². The van der Waals surface area contributed by atoms with Crippen molar-refractivity contribution in [1.82, 2.24) is 10.2 Å². The molecular formula is C11H24N4. The summed E-state index contributed by atoms with van der Waals surface area (Å²) in [4.78, 5) is 6.83. The third kappa shape index (κ3) is 4.51. The summed E-state index contributed by atoms with van der Waals surface area (Å²) in [5, 5.41) is 3.10. The average molecular weight is 212 g/mol. The van der Waals surface area contributed by atoms with Crippen LogP contribution in [0.2, 0.25) is 0 Å². The predicted molar refractivity (Wildman–Crippen MR) is 65.0 cm³/mol. The zero-order chi connectivity index (χ0) is 11.3. The van der Waals surface area contributed by atoms with Crippen LogP contribution in [0.4, 0.5) is 0 Å². The monoisotopic (exact) mass is 212 g/mol. The van der Waals surface area contributed by atoms with Crippen LogP contribution in [-0.4, -0.2) is 42.6 Å². The molecule has 1 atom stereocenters. The lowest BCUT2D eigenvalue weighted by Crippen LogP contribution is -2.39. The van der Waals surface area contributed by atoms with Gasteiger partial charge in [-0.05, 0) is 46.7 Å². The molecule has 4 heteroatoms. The van der Waals surface area contributed by atoms with E-state index in [1.165, 1.54) is 25.9 Å². The smallest absolute Gasteiger partial charge is 0.188 e. The largest absolute Gasteiger partial charge is 0.370 e. The van der Waals surface area contributed by atoms with Gasteiger partial charge in [0.25, 0.3) is 0 Å². The summed E-state index contributed by atoms with van der Waals surface area (Å²) < 4.78 is 0. The molecule has 0 aliphatic carbocycles. The molecule has 1 heterocycles. The van der Waals surface area contributed by atoms with Crippen LogP contribution in [0.1, 0.15) is 33.6 Å². The summed E-state index contributed by atoms with van der Waals surface area (Å²) >= 11 is 0. The van der Waals surface area contributed by atoms with Gasteiger partial charge in [0.05, 0.1) is 6.54 Å². The Balaban J connectivity index is 2.27. The summed E-state index contributed by atoms with van der Waals surface area (Å²) in [7, 11) is 0. The van der Waals surface area contributed by atoms with Crippen molar-refractivity contribution < 1.29 is 0 Å². The van der Waals surface area contributed by atoms with Crippen molar-refractivity contribution >= 4 is 5.96 Å². The maximum Gasteiger partial charge on any atom is 0.188 e. The van der Waals surface area contributed by atoms with Gasteiger partial charge in [0.1, 0.15) is 0 Å². The van der Waals surface area contributed by atoms with E-state index in [2.05, 4.69) is 36.0 Å². The Kier molecular flexibility index (Phi) is 4.88. The fraction of sp³-hybridized carbons (Fsp3) is 0.909. The van der Waals surface area contributed by atoms with Gasteiger partial charge in [0, 0.05) is 12.1 Å². The number of nitrogens with zero attached hydrogens (tertiary/aromatic N) is 2. The van der Waals surface area contributed by atoms with E-state index in [0.29, 0.717) is 18.0 Å². The molecule has 0 saturated carbocycles. The molecule has 1 aliphatic heterocycles. The molecule has 1 saturated heterocycles. The van der Waals surface area contributed by atoms with E-state index < -0.39 is 0 Å². The quantitative estimate of drug-likeness (QED) is 0.535. The summed E-state index contributed by atoms with van der Waals surface area (Å²) in [6.45, 7) is 9.57. The number of aliphatic imine (C=N–C) groups is 1. The lowest BCUT2D eigenvalue weighted by Gasteiger charge is -2.22. The second kappa shape index (κ2) is 5.95. The van der Waals surface area contributed by atoms with Crippen molar-refractivity contribution in [3.8, 4) is 0 Å². The molecule has 0 amide bonds. The van der Waals surface area contributed by atoms with Gasteiger partial charge in [-0.15, -0.1) is 0 Å². The van der Waals surface area contributed by atoms with Gasteiger partial charge in [-0.1, -0.05) is 0 Å². The lowest BCUT2D eigenvalue weighted by molar-refractivity contribution is 0.265. The first-order valence-electron chi connectivity index (χ1n) is 5.90. The number of guanidine groups is 1. The Hall–Kier alpha value is -0.770. The van der Waals surface area contributed by atoms with Crippen molar-refractivity contribution in [2.45, 2.75) is 45.7 Å². The molecule has 15 heavy (non-hydrogen) atoms. The maximum atomic E-state index is 5.74. The maximum absolute atomic E-state index is 5.74. The second-order valence-corrected chi connectivity index (χ2v) is 4.62. The number of hydrogen-bond acceptors (Lipinski definition) is 2. The SMILES string of the molecule is CC(C)NC(N)=NCC(C)N1CCCC1. The molecule has 0 aromatic carbocycles. The molecule has 0 spiro atoms. The highest BCUT2D eigenvalue weighted by Gasteiger charge is 2.17. The van der Waals surface area contributed by atoms with Crippen LogP contribution in [0.3, 0.4) is 0 Å². The molecule has 0 radical (unpaired) electrons. The zero-order valence-electron chi connectivity index (χ0n) is 10.2. The van der Waals surface area contributed by atoms with Crippen molar-refractivity contribution in [3.05, 3.63) is 0 Å². The van der Waals surface area contributed by atoms with Gasteiger partial charge in [-0.25, -0.2) is 0 Å². The minimum atomic E-state index is 0.357. The molecule has 0 bridgehead atoms. The highest BCUT2D eigenvalue weighted by molar-refractivity contribution is 5.78. The Morgan fingerprint density at radius 2 is 1.93 bits per heavy atom. The van der Waals surface area contributed by atoms with E-state index in [0.717, 1.165) is 6.54 Å². The fourth-order valence-corrected chi connectivity index (χ4v) is 1.87. The van der Waals surface area contributed by atoms with Crippen LogP contribution >= 0.6 is 0 Å². The Labute approximate surface area is 92.9 Å². The Bertz CT molecular complexity index is 207. The minimum absolute atomic E-state index is 0.357. The summed E-state index contributed by atoms with van der Waals surface area (Å²) in [6.07, 6.45) is 2.65. The van der Waals surface area contributed by atoms with E-state index in [-0.39, 0.29) is 0 Å². The van der Waals surface area contributed by atoms with Gasteiger partial charge in [0.2, 0.25) is 0 Å². The van der Waals surface area contributed by atoms with E-state index in [4.69, 9.17) is 5.73 Å². The van der Waals surface area contributed by atoms with Gasteiger partial charge in [-0.3, -0.25) is 9.89 Å². The molecule has 1 rings (SSSR count). The van der Waals surface area contributed by atoms with E-state index in [1.54, 1.807) is 0 Å². The summed E-state index contributed by atoms with van der Waals surface area (Å²) in [6, 6.07) is 0.871. The normalized spacial score (nSPS) is 20.9. The second-order valence-electron chi connectivity index (χ2n) is 4.62. The minimum Gasteiger partial charge on any atom is -0.370 e. The molecule has 88 valence electrons. The number of nitrogens with two attached hydrogens (primary N) is 1. The molecule has 3 N–H and O–H groups in total. The number of hydrogen-bond donors (Lipinski definition) is 2. The van der Waals surface area contributed by atoms with Gasteiger partial charge in [0.15, 0.2) is 5.96 Å². The molecule has 1 unspecified atom stereocenters. The number of likely N-dealkylation sites (tertiary alicyclic amines) is 1. The molecule has 0 aromatic heterocycles. The van der Waals surface area contributed by atoms with Crippen LogP contribution in [0.15, 0.2) is 4.99 Å². The van der Waals surface area contributed by atoms with Crippen molar-refractivity contribution in [3.63, 3.8) is 0 Å². The molecular weight excluding hydrogens is 188 g/mol. The van der Waals surface area contributed by atoms with Gasteiger partial charge < -0.3 is 11.1 Å². The highest BCUT2D eigenvalue weighted by Crippen LogP contribution is 2.11. The Morgan fingerprint density at radius 3 is 2.47 bits per heavy atom. The first kappa shape index (κ1) is 12.3. The molecule has 1 aliphatic rings. The summed E-state index contributed by atoms with van der Waals surface area (Å²) in [5.74, 6) is 0.566. The van der Waals surface area contributed by atoms with Crippen LogP contribution < -0.4 is 11.1 Å². The Morgan fingerprint density at radius 1 is 1.33 bits per heavy atom. The lowest BCUT2D eigenvalue weighted by atomic mass is 10.3. The van der Waals surface area contributed by atoms with Crippen LogP contribution in [0.5, 0.6) is 0 Å². The zero-order valence-corrected chi connectivity index (χ0v) is 10.2. The average Bonchev–Trinajstić information content (AvgIpc) is 2.65. The predicted octanol–water partition coefficient (Wildman–Crippen LogP) is 0.783. The highest BCUT2D eigenvalue weighted by atomic mass is 15.2. The van der Waals surface area contributed by atoms with Gasteiger partial charge >= 0.3 is 0 Å². The number of rotatable bonds is 4. The number of nitrogens with one attached hydrogen (secondary N) is 1. The van der Waals surface area contributed by atoms with Crippen LogP contribution in [0, 0.1) is 0 Å². The topological polar surface area (TPSA) is 53.6 Å². The van der Waals surface area contributed by atoms with E-state index in [1.807, 2.05) is 0 Å². The molecule has 0 aromatic rings. The van der Waals surface area contributed by atoms with Crippen molar-refractivity contribution in [2.75, 3.05) is 19.6 Å². The summed E-state index contributed by atoms with van der Waals surface area (Å²) in [5.41, 5.74) is 5.74. The van der Waals surface area contributed by atoms with Crippen LogP contribution in [0.25, 0.3) is 0 Å².